The highest BCUT2D eigenvalue weighted by atomic mass is 19.2. The minimum atomic E-state index is -2.23. The molecule has 2 aromatic rings. The van der Waals surface area contributed by atoms with E-state index in [4.69, 9.17) is 16.0 Å². The van der Waals surface area contributed by atoms with Gasteiger partial charge in [-0.15, -0.1) is 0 Å². The van der Waals surface area contributed by atoms with E-state index < -0.39 is 46.7 Å². The van der Waals surface area contributed by atoms with Gasteiger partial charge in [0.05, 0.1) is 0 Å². The number of rotatable bonds is 6. The van der Waals surface area contributed by atoms with Crippen LogP contribution in [0, 0.1) is 29.1 Å². The molecule has 1 aromatic carbocycles. The van der Waals surface area contributed by atoms with Crippen LogP contribution in [0.15, 0.2) is 4.52 Å². The van der Waals surface area contributed by atoms with Crippen LogP contribution in [-0.4, -0.2) is 10.1 Å². The molecule has 4 N–H and O–H groups in total. The maximum atomic E-state index is 13.6. The summed E-state index contributed by atoms with van der Waals surface area (Å²) in [7, 11) is 0. The maximum absolute atomic E-state index is 13.6. The summed E-state index contributed by atoms with van der Waals surface area (Å²) in [6.45, 7) is 1.92. The zero-order chi connectivity index (χ0) is 18.1. The van der Waals surface area contributed by atoms with E-state index in [-0.39, 0.29) is 11.7 Å². The standard InChI is InChI=1S/C14H15F5N4O/c1-2-3-4-14(20,21)13-22-7(23-24-13)5-6-8(15)10(17)12(19)11(18)9(6)16/h2-5,20-21H2,1H3. The lowest BCUT2D eigenvalue weighted by atomic mass is 10.0. The number of hydrogen-bond donors (Lipinski definition) is 2. The number of benzene rings is 1. The molecule has 0 aliphatic carbocycles. The highest BCUT2D eigenvalue weighted by molar-refractivity contribution is 5.26. The first-order valence-electron chi connectivity index (χ1n) is 7.10. The third kappa shape index (κ3) is 3.39. The number of nitrogens with two attached hydrogens (primary N) is 2. The van der Waals surface area contributed by atoms with Crippen LogP contribution in [-0.2, 0) is 12.1 Å². The van der Waals surface area contributed by atoms with Gasteiger partial charge >= 0.3 is 0 Å². The first kappa shape index (κ1) is 18.3. The number of aromatic nitrogens is 2. The molecule has 0 unspecified atom stereocenters. The third-order valence-electron chi connectivity index (χ3n) is 3.45. The summed E-state index contributed by atoms with van der Waals surface area (Å²) in [4.78, 5) is 3.79. The number of halogens is 5. The molecule has 0 saturated heterocycles. The lowest BCUT2D eigenvalue weighted by molar-refractivity contribution is 0.268. The first-order valence-corrected chi connectivity index (χ1v) is 7.10. The smallest absolute Gasteiger partial charge is 0.261 e. The Balaban J connectivity index is 2.31. The van der Waals surface area contributed by atoms with Crippen molar-refractivity contribution in [3.63, 3.8) is 0 Å². The minimum Gasteiger partial charge on any atom is -0.336 e. The van der Waals surface area contributed by atoms with Gasteiger partial charge < -0.3 is 16.0 Å². The molecular weight excluding hydrogens is 335 g/mol. The highest BCUT2D eigenvalue weighted by Crippen LogP contribution is 2.25. The minimum absolute atomic E-state index is 0.185. The monoisotopic (exact) mass is 350 g/mol. The zero-order valence-corrected chi connectivity index (χ0v) is 12.7. The molecule has 132 valence electrons. The maximum Gasteiger partial charge on any atom is 0.261 e. The molecule has 0 bridgehead atoms. The summed E-state index contributed by atoms with van der Waals surface area (Å²) in [6.07, 6.45) is 1.02. The topological polar surface area (TPSA) is 91.0 Å². The largest absolute Gasteiger partial charge is 0.336 e. The molecule has 0 fully saturated rings. The predicted molar refractivity (Wildman–Crippen MR) is 72.9 cm³/mol. The van der Waals surface area contributed by atoms with E-state index in [1.54, 1.807) is 0 Å². The molecule has 24 heavy (non-hydrogen) atoms. The summed E-state index contributed by atoms with van der Waals surface area (Å²) in [5, 5.41) is 3.43. The molecule has 1 aromatic heterocycles. The summed E-state index contributed by atoms with van der Waals surface area (Å²) in [5.74, 6) is -10.7. The second kappa shape index (κ2) is 6.81. The predicted octanol–water partition coefficient (Wildman–Crippen LogP) is 2.62. The van der Waals surface area contributed by atoms with E-state index in [1.807, 2.05) is 6.92 Å². The van der Waals surface area contributed by atoms with E-state index >= 15 is 0 Å². The Morgan fingerprint density at radius 3 is 2.04 bits per heavy atom. The fourth-order valence-electron chi connectivity index (χ4n) is 2.05. The quantitative estimate of drug-likeness (QED) is 0.362. The molecule has 0 aliphatic heterocycles. The number of hydrogen-bond acceptors (Lipinski definition) is 5. The van der Waals surface area contributed by atoms with Crippen molar-refractivity contribution in [3.8, 4) is 0 Å². The van der Waals surface area contributed by atoms with Gasteiger partial charge in [-0.1, -0.05) is 24.9 Å². The summed E-state index contributed by atoms with van der Waals surface area (Å²) >= 11 is 0. The Hall–Kier alpha value is -2.07. The van der Waals surface area contributed by atoms with Crippen molar-refractivity contribution in [3.05, 3.63) is 46.4 Å². The molecule has 0 amide bonds. The van der Waals surface area contributed by atoms with Gasteiger partial charge in [0, 0.05) is 12.0 Å². The van der Waals surface area contributed by atoms with E-state index in [1.165, 1.54) is 0 Å². The van der Waals surface area contributed by atoms with E-state index in [0.29, 0.717) is 12.8 Å². The van der Waals surface area contributed by atoms with Gasteiger partial charge in [-0.05, 0) is 6.42 Å². The lowest BCUT2D eigenvalue weighted by Gasteiger charge is -2.18. The van der Waals surface area contributed by atoms with Crippen LogP contribution in [0.3, 0.4) is 0 Å². The summed E-state index contributed by atoms with van der Waals surface area (Å²) in [5.41, 5.74) is 9.14. The molecule has 0 radical (unpaired) electrons. The molecule has 10 heteroatoms. The molecule has 1 heterocycles. The molecule has 0 spiro atoms. The van der Waals surface area contributed by atoms with Gasteiger partial charge in [-0.2, -0.15) is 4.98 Å². The molecule has 0 saturated carbocycles. The normalized spacial score (nSPS) is 12.0. The van der Waals surface area contributed by atoms with Crippen LogP contribution in [0.1, 0.15) is 43.5 Å². The van der Waals surface area contributed by atoms with Crippen molar-refractivity contribution in [2.45, 2.75) is 38.3 Å². The first-order chi connectivity index (χ1) is 11.2. The van der Waals surface area contributed by atoms with Gasteiger partial charge in [0.1, 0.15) is 5.66 Å². The van der Waals surface area contributed by atoms with Crippen molar-refractivity contribution in [1.82, 2.24) is 10.1 Å². The Bertz CT molecular complexity index is 718. The zero-order valence-electron chi connectivity index (χ0n) is 12.7. The molecule has 2 rings (SSSR count). The summed E-state index contributed by atoms with van der Waals surface area (Å²) in [6, 6.07) is 0. The average molecular weight is 350 g/mol. The molecule has 5 nitrogen and oxygen atoms in total. The van der Waals surface area contributed by atoms with E-state index in [2.05, 4.69) is 10.1 Å². The van der Waals surface area contributed by atoms with Crippen molar-refractivity contribution in [2.75, 3.05) is 0 Å². The van der Waals surface area contributed by atoms with E-state index in [9.17, 15) is 22.0 Å². The van der Waals surface area contributed by atoms with Gasteiger partial charge in [0.25, 0.3) is 5.89 Å². The van der Waals surface area contributed by atoms with Gasteiger partial charge in [0.2, 0.25) is 5.82 Å². The Morgan fingerprint density at radius 1 is 0.958 bits per heavy atom. The van der Waals surface area contributed by atoms with Crippen molar-refractivity contribution >= 4 is 0 Å². The van der Waals surface area contributed by atoms with Crippen molar-refractivity contribution in [2.24, 2.45) is 11.5 Å². The SMILES string of the molecule is CCCCC(N)(N)c1nc(Cc2c(F)c(F)c(F)c(F)c2F)no1. The van der Waals surface area contributed by atoms with Crippen molar-refractivity contribution in [1.29, 1.82) is 0 Å². The molecule has 0 aliphatic rings. The van der Waals surface area contributed by atoms with Crippen LogP contribution in [0.2, 0.25) is 0 Å². The summed E-state index contributed by atoms with van der Waals surface area (Å²) < 4.78 is 71.5. The fraction of sp³-hybridized carbons (Fsp3) is 0.429. The second-order valence-electron chi connectivity index (χ2n) is 5.38. The number of nitrogens with zero attached hydrogens (tertiary/aromatic N) is 2. The van der Waals surface area contributed by atoms with E-state index in [0.717, 1.165) is 6.42 Å². The van der Waals surface area contributed by atoms with Crippen LogP contribution in [0.4, 0.5) is 22.0 Å². The fourth-order valence-corrected chi connectivity index (χ4v) is 2.05. The van der Waals surface area contributed by atoms with Crippen LogP contribution < -0.4 is 11.5 Å². The van der Waals surface area contributed by atoms with Gasteiger partial charge in [0.15, 0.2) is 29.1 Å². The Morgan fingerprint density at radius 2 is 1.50 bits per heavy atom. The Kier molecular flexibility index (Phi) is 5.19. The average Bonchev–Trinajstić information content (AvgIpc) is 3.03. The Labute approximate surface area is 133 Å². The third-order valence-corrected chi connectivity index (χ3v) is 3.45. The second-order valence-corrected chi connectivity index (χ2v) is 5.38. The van der Waals surface area contributed by atoms with Crippen molar-refractivity contribution < 1.29 is 26.5 Å². The van der Waals surface area contributed by atoms with Gasteiger partial charge in [-0.25, -0.2) is 22.0 Å². The molecular formula is C14H15F5N4O. The number of unbranched alkanes of at least 4 members (excludes halogenated alkanes) is 1. The highest BCUT2D eigenvalue weighted by Gasteiger charge is 2.30. The van der Waals surface area contributed by atoms with Crippen LogP contribution in [0.25, 0.3) is 0 Å². The molecule has 0 atom stereocenters. The van der Waals surface area contributed by atoms with Crippen LogP contribution >= 0.6 is 0 Å². The van der Waals surface area contributed by atoms with Crippen LogP contribution in [0.5, 0.6) is 0 Å². The van der Waals surface area contributed by atoms with Gasteiger partial charge in [-0.3, -0.25) is 0 Å². The lowest BCUT2D eigenvalue weighted by Crippen LogP contribution is -2.46.